The fraction of sp³-hybridized carbons (Fsp3) is 0.800. The summed E-state index contributed by atoms with van der Waals surface area (Å²) in [6.07, 6.45) is 3.60. The number of rotatable bonds is 13. The first-order valence-corrected chi connectivity index (χ1v) is 12.2. The van der Waals surface area contributed by atoms with Gasteiger partial charge in [0.25, 0.3) is 0 Å². The van der Waals surface area contributed by atoms with Gasteiger partial charge in [-0.05, 0) is 71.6 Å². The van der Waals surface area contributed by atoms with Crippen molar-refractivity contribution >= 4 is 17.9 Å². The summed E-state index contributed by atoms with van der Waals surface area (Å²) < 4.78 is 33.2. The third-order valence-corrected chi connectivity index (χ3v) is 6.76. The van der Waals surface area contributed by atoms with E-state index in [9.17, 15) is 14.4 Å². The minimum absolute atomic E-state index is 0.0428. The van der Waals surface area contributed by atoms with Crippen LogP contribution in [-0.2, 0) is 42.8 Å². The maximum absolute atomic E-state index is 12.6. The van der Waals surface area contributed by atoms with Crippen LogP contribution in [0.4, 0.5) is 0 Å². The van der Waals surface area contributed by atoms with E-state index in [1.54, 1.807) is 20.8 Å². The summed E-state index contributed by atoms with van der Waals surface area (Å²) in [6, 6.07) is 0. The van der Waals surface area contributed by atoms with Crippen molar-refractivity contribution in [2.75, 3.05) is 26.4 Å². The molecule has 0 N–H and O–H groups in total. The minimum atomic E-state index is -0.739. The van der Waals surface area contributed by atoms with E-state index in [0.717, 1.165) is 32.1 Å². The summed E-state index contributed by atoms with van der Waals surface area (Å²) in [7, 11) is 0. The van der Waals surface area contributed by atoms with Crippen LogP contribution in [0.3, 0.4) is 0 Å². The predicted octanol–water partition coefficient (Wildman–Crippen LogP) is 3.09. The van der Waals surface area contributed by atoms with Crippen molar-refractivity contribution < 1.29 is 42.8 Å². The molecule has 0 saturated heterocycles. The van der Waals surface area contributed by atoms with Crippen LogP contribution in [0, 0.1) is 11.8 Å². The van der Waals surface area contributed by atoms with Gasteiger partial charge in [-0.15, -0.1) is 0 Å². The Bertz CT molecular complexity index is 762. The molecule has 34 heavy (non-hydrogen) atoms. The number of carbonyl (C=O) groups excluding carboxylic acids is 3. The molecule has 4 saturated carbocycles. The van der Waals surface area contributed by atoms with Crippen LogP contribution >= 0.6 is 0 Å². The highest BCUT2D eigenvalue weighted by Gasteiger charge is 2.61. The van der Waals surface area contributed by atoms with Gasteiger partial charge in [0.05, 0.1) is 12.2 Å². The lowest BCUT2D eigenvalue weighted by molar-refractivity contribution is -0.250. The van der Waals surface area contributed by atoms with E-state index in [4.69, 9.17) is 28.4 Å². The molecule has 9 nitrogen and oxygen atoms in total. The third kappa shape index (κ3) is 6.79. The average molecular weight is 483 g/mol. The van der Waals surface area contributed by atoms with Gasteiger partial charge in [-0.2, -0.15) is 0 Å². The second-order valence-electron chi connectivity index (χ2n) is 9.99. The molecule has 0 aliphatic heterocycles. The van der Waals surface area contributed by atoms with Crippen molar-refractivity contribution in [2.24, 2.45) is 11.8 Å². The fourth-order valence-corrected chi connectivity index (χ4v) is 6.05. The van der Waals surface area contributed by atoms with Gasteiger partial charge >= 0.3 is 17.9 Å². The summed E-state index contributed by atoms with van der Waals surface area (Å²) in [5.41, 5.74) is -0.794. The Morgan fingerprint density at radius 2 is 1.68 bits per heavy atom. The summed E-state index contributed by atoms with van der Waals surface area (Å²) in [6.45, 7) is 10.7. The largest absolute Gasteiger partial charge is 0.460 e. The Morgan fingerprint density at radius 1 is 1.03 bits per heavy atom. The van der Waals surface area contributed by atoms with Gasteiger partial charge in [0.2, 0.25) is 0 Å². The number of carbonyl (C=O) groups is 3. The smallest absolute Gasteiger partial charge is 0.337 e. The van der Waals surface area contributed by atoms with E-state index >= 15 is 0 Å². The van der Waals surface area contributed by atoms with Crippen molar-refractivity contribution in [3.05, 3.63) is 12.2 Å². The molecule has 0 amide bonds. The number of ether oxygens (including phenoxy) is 6. The second-order valence-corrected chi connectivity index (χ2v) is 9.99. The first-order chi connectivity index (χ1) is 16.1. The Morgan fingerprint density at radius 3 is 2.29 bits per heavy atom. The first-order valence-electron chi connectivity index (χ1n) is 12.2. The molecule has 0 aromatic heterocycles. The monoisotopic (exact) mass is 482 g/mol. The average Bonchev–Trinajstić information content (AvgIpc) is 2.71. The number of hydrogen-bond donors (Lipinski definition) is 0. The van der Waals surface area contributed by atoms with E-state index in [1.807, 2.05) is 6.92 Å². The summed E-state index contributed by atoms with van der Waals surface area (Å²) in [5, 5.41) is 0. The molecule has 9 heteroatoms. The zero-order valence-corrected chi connectivity index (χ0v) is 20.8. The van der Waals surface area contributed by atoms with Crippen LogP contribution in [0.25, 0.3) is 0 Å². The second kappa shape index (κ2) is 11.2. The highest BCUT2D eigenvalue weighted by molar-refractivity contribution is 5.86. The Labute approximate surface area is 201 Å². The lowest BCUT2D eigenvalue weighted by Gasteiger charge is -2.61. The zero-order valence-electron chi connectivity index (χ0n) is 20.8. The van der Waals surface area contributed by atoms with Crippen LogP contribution in [-0.4, -0.2) is 67.9 Å². The molecule has 0 aromatic carbocycles. The van der Waals surface area contributed by atoms with Gasteiger partial charge in [0, 0.05) is 18.6 Å². The molecule has 4 atom stereocenters. The highest BCUT2D eigenvalue weighted by Crippen LogP contribution is 2.60. The molecule has 4 fully saturated rings. The molecular weight excluding hydrogens is 444 g/mol. The number of esters is 3. The van der Waals surface area contributed by atoms with Gasteiger partial charge in [-0.25, -0.2) is 14.4 Å². The van der Waals surface area contributed by atoms with Crippen molar-refractivity contribution in [3.8, 4) is 0 Å². The van der Waals surface area contributed by atoms with Crippen molar-refractivity contribution in [1.82, 2.24) is 0 Å². The molecule has 4 bridgehead atoms. The van der Waals surface area contributed by atoms with E-state index in [1.165, 1.54) is 0 Å². The van der Waals surface area contributed by atoms with Gasteiger partial charge in [-0.1, -0.05) is 6.58 Å². The van der Waals surface area contributed by atoms with Crippen molar-refractivity contribution in [3.63, 3.8) is 0 Å². The van der Waals surface area contributed by atoms with Crippen LogP contribution < -0.4 is 0 Å². The lowest BCUT2D eigenvalue weighted by Crippen LogP contribution is -2.62. The van der Waals surface area contributed by atoms with Crippen LogP contribution in [0.1, 0.15) is 66.2 Å². The SMILES string of the molecule is C=C(C)C(=O)OCCOCC(=O)OC12CC3CC(C1)CC(OC(C)C(=O)OC(C)OCC)(C3)C2. The normalized spacial score (nSPS) is 30.9. The molecule has 0 radical (unpaired) electrons. The summed E-state index contributed by atoms with van der Waals surface area (Å²) >= 11 is 0. The molecular formula is C25H38O9. The van der Waals surface area contributed by atoms with Crippen molar-refractivity contribution in [1.29, 1.82) is 0 Å². The molecule has 4 unspecified atom stereocenters. The van der Waals surface area contributed by atoms with E-state index in [-0.39, 0.29) is 19.8 Å². The molecule has 0 aromatic rings. The quantitative estimate of drug-likeness (QED) is 0.129. The van der Waals surface area contributed by atoms with Gasteiger partial charge in [0.1, 0.15) is 18.8 Å². The van der Waals surface area contributed by atoms with Gasteiger partial charge < -0.3 is 28.4 Å². The molecule has 192 valence electrons. The third-order valence-electron chi connectivity index (χ3n) is 6.76. The summed E-state index contributed by atoms with van der Waals surface area (Å²) in [5.74, 6) is -0.607. The van der Waals surface area contributed by atoms with Gasteiger partial charge in [-0.3, -0.25) is 0 Å². The maximum atomic E-state index is 12.6. The standard InChI is InChI=1S/C25H38O9/c1-6-30-18(5)32-23(28)17(4)33-24-10-19-9-20(11-24)13-25(12-19,15-24)34-21(26)14-29-7-8-31-22(27)16(2)3/h17-20H,2,6-15H2,1,3-5H3. The maximum Gasteiger partial charge on any atom is 0.337 e. The lowest BCUT2D eigenvalue weighted by atomic mass is 9.52. The van der Waals surface area contributed by atoms with Crippen LogP contribution in [0.5, 0.6) is 0 Å². The molecule has 0 spiro atoms. The minimum Gasteiger partial charge on any atom is -0.460 e. The Balaban J connectivity index is 1.52. The van der Waals surface area contributed by atoms with E-state index in [0.29, 0.717) is 30.4 Å². The van der Waals surface area contributed by atoms with Crippen LogP contribution in [0.15, 0.2) is 12.2 Å². The predicted molar refractivity (Wildman–Crippen MR) is 121 cm³/mol. The van der Waals surface area contributed by atoms with Gasteiger partial charge in [0.15, 0.2) is 12.4 Å². The van der Waals surface area contributed by atoms with E-state index < -0.39 is 41.5 Å². The fourth-order valence-electron chi connectivity index (χ4n) is 6.05. The van der Waals surface area contributed by atoms with E-state index in [2.05, 4.69) is 6.58 Å². The zero-order chi connectivity index (χ0) is 24.9. The summed E-state index contributed by atoms with van der Waals surface area (Å²) in [4.78, 5) is 36.4. The molecule has 4 rings (SSSR count). The highest BCUT2D eigenvalue weighted by atomic mass is 16.7. The van der Waals surface area contributed by atoms with Crippen molar-refractivity contribution in [2.45, 2.75) is 89.8 Å². The number of hydrogen-bond acceptors (Lipinski definition) is 9. The Hall–Kier alpha value is -1.97. The van der Waals surface area contributed by atoms with Crippen LogP contribution in [0.2, 0.25) is 0 Å². The first kappa shape index (κ1) is 26.6. The topological polar surface area (TPSA) is 107 Å². The molecule has 0 heterocycles. The molecule has 4 aliphatic carbocycles. The molecule has 4 aliphatic rings. The Kier molecular flexibility index (Phi) is 8.76.